The topological polar surface area (TPSA) is 37.3 Å². The van der Waals surface area contributed by atoms with Crippen molar-refractivity contribution < 1.29 is 9.90 Å². The summed E-state index contributed by atoms with van der Waals surface area (Å²) in [7, 11) is 0. The van der Waals surface area contributed by atoms with Crippen LogP contribution in [0.4, 0.5) is 0 Å². The average Bonchev–Trinajstić information content (AvgIpc) is 2.76. The molecule has 0 amide bonds. The van der Waals surface area contributed by atoms with Gasteiger partial charge in [0.2, 0.25) is 0 Å². The molecule has 3 saturated carbocycles. The molecule has 0 unspecified atom stereocenters. The van der Waals surface area contributed by atoms with Crippen LogP contribution >= 0.6 is 0 Å². The van der Waals surface area contributed by atoms with Gasteiger partial charge in [0.25, 0.3) is 0 Å². The van der Waals surface area contributed by atoms with Gasteiger partial charge in [-0.3, -0.25) is 4.79 Å². The highest BCUT2D eigenvalue weighted by Crippen LogP contribution is 2.59. The molecule has 3 fully saturated rings. The lowest BCUT2D eigenvalue weighted by molar-refractivity contribution is -0.141. The summed E-state index contributed by atoms with van der Waals surface area (Å²) in [6, 6.07) is 0. The first kappa shape index (κ1) is 7.84. The number of carboxylic acid groups (broad SMARTS) is 1. The van der Waals surface area contributed by atoms with Crippen molar-refractivity contribution >= 4 is 5.97 Å². The van der Waals surface area contributed by atoms with Gasteiger partial charge in [0.15, 0.2) is 0 Å². The van der Waals surface area contributed by atoms with E-state index in [9.17, 15) is 4.79 Å². The van der Waals surface area contributed by atoms with Crippen molar-refractivity contribution in [1.82, 2.24) is 0 Å². The number of hydrogen-bond donors (Lipinski definition) is 1. The van der Waals surface area contributed by atoms with E-state index in [1.165, 1.54) is 19.3 Å². The van der Waals surface area contributed by atoms with E-state index in [4.69, 9.17) is 5.11 Å². The van der Waals surface area contributed by atoms with Crippen molar-refractivity contribution in [2.24, 2.45) is 29.6 Å². The molecule has 0 aromatic heterocycles. The minimum atomic E-state index is -0.547. The highest BCUT2D eigenvalue weighted by atomic mass is 16.4. The maximum absolute atomic E-state index is 10.9. The lowest BCUT2D eigenvalue weighted by Gasteiger charge is -2.23. The third-order valence-corrected chi connectivity index (χ3v) is 4.74. The molecule has 0 radical (unpaired) electrons. The first-order valence-corrected chi connectivity index (χ1v) is 5.48. The fourth-order valence-corrected chi connectivity index (χ4v) is 4.22. The smallest absolute Gasteiger partial charge is 0.306 e. The molecule has 2 nitrogen and oxygen atoms in total. The van der Waals surface area contributed by atoms with Gasteiger partial charge in [-0.15, -0.1) is 0 Å². The predicted octanol–water partition coefficient (Wildman–Crippen LogP) is 2.14. The fourth-order valence-electron chi connectivity index (χ4n) is 4.22. The summed E-state index contributed by atoms with van der Waals surface area (Å²) in [5.41, 5.74) is 0. The molecule has 0 saturated heterocycles. The largest absolute Gasteiger partial charge is 0.481 e. The second kappa shape index (κ2) is 2.49. The maximum Gasteiger partial charge on any atom is 0.306 e. The van der Waals surface area contributed by atoms with Gasteiger partial charge in [0.05, 0.1) is 5.92 Å². The van der Waals surface area contributed by atoms with Gasteiger partial charge in [0, 0.05) is 0 Å². The minimum absolute atomic E-state index is 0.00148. The standard InChI is InChI=1S/C11H16O2/c12-11(13)8-4-9-6-1-2-7(3-6)10(9)5-8/h6-10H,1-5H2,(H,12,13)/t6-,7-,9+,10+/m0/s1. The predicted molar refractivity (Wildman–Crippen MR) is 48.2 cm³/mol. The quantitative estimate of drug-likeness (QED) is 0.671. The number of fused-ring (bicyclic) bond motifs is 5. The van der Waals surface area contributed by atoms with E-state index in [1.54, 1.807) is 0 Å². The number of rotatable bonds is 1. The summed E-state index contributed by atoms with van der Waals surface area (Å²) < 4.78 is 0. The summed E-state index contributed by atoms with van der Waals surface area (Å²) in [5, 5.41) is 8.96. The van der Waals surface area contributed by atoms with Gasteiger partial charge in [-0.2, -0.15) is 0 Å². The number of aliphatic carboxylic acids is 1. The molecular formula is C11H16O2. The van der Waals surface area contributed by atoms with E-state index < -0.39 is 5.97 Å². The van der Waals surface area contributed by atoms with E-state index in [1.807, 2.05) is 0 Å². The first-order chi connectivity index (χ1) is 6.25. The van der Waals surface area contributed by atoms with E-state index in [-0.39, 0.29) is 5.92 Å². The van der Waals surface area contributed by atoms with Gasteiger partial charge in [-0.05, 0) is 55.8 Å². The molecule has 0 aromatic rings. The van der Waals surface area contributed by atoms with Crippen LogP contribution in [0.25, 0.3) is 0 Å². The van der Waals surface area contributed by atoms with Crippen LogP contribution in [-0.2, 0) is 4.79 Å². The molecule has 0 heterocycles. The summed E-state index contributed by atoms with van der Waals surface area (Å²) in [5.74, 6) is 2.84. The van der Waals surface area contributed by atoms with Crippen LogP contribution in [0, 0.1) is 29.6 Å². The highest BCUT2D eigenvalue weighted by molar-refractivity contribution is 5.70. The van der Waals surface area contributed by atoms with Gasteiger partial charge in [-0.25, -0.2) is 0 Å². The third-order valence-electron chi connectivity index (χ3n) is 4.74. The summed E-state index contributed by atoms with van der Waals surface area (Å²) in [6.45, 7) is 0. The number of hydrogen-bond acceptors (Lipinski definition) is 1. The lowest BCUT2D eigenvalue weighted by Crippen LogP contribution is -2.15. The molecule has 0 aliphatic heterocycles. The maximum atomic E-state index is 10.9. The third kappa shape index (κ3) is 0.976. The molecule has 1 N–H and O–H groups in total. The van der Waals surface area contributed by atoms with E-state index in [0.29, 0.717) is 0 Å². The normalized spacial score (nSPS) is 52.5. The molecule has 2 heteroatoms. The zero-order chi connectivity index (χ0) is 9.00. The molecule has 2 bridgehead atoms. The van der Waals surface area contributed by atoms with E-state index >= 15 is 0 Å². The van der Waals surface area contributed by atoms with Crippen LogP contribution in [0.5, 0.6) is 0 Å². The Morgan fingerprint density at radius 2 is 1.54 bits per heavy atom. The Morgan fingerprint density at radius 1 is 1.00 bits per heavy atom. The lowest BCUT2D eigenvalue weighted by atomic mass is 9.82. The van der Waals surface area contributed by atoms with Crippen molar-refractivity contribution in [2.75, 3.05) is 0 Å². The van der Waals surface area contributed by atoms with Crippen molar-refractivity contribution in [3.8, 4) is 0 Å². The first-order valence-electron chi connectivity index (χ1n) is 5.48. The molecular weight excluding hydrogens is 164 g/mol. The Morgan fingerprint density at radius 3 is 2.00 bits per heavy atom. The summed E-state index contributed by atoms with van der Waals surface area (Å²) >= 11 is 0. The van der Waals surface area contributed by atoms with Gasteiger partial charge in [0.1, 0.15) is 0 Å². The summed E-state index contributed by atoms with van der Waals surface area (Å²) in [4.78, 5) is 10.9. The van der Waals surface area contributed by atoms with E-state index in [2.05, 4.69) is 0 Å². The molecule has 13 heavy (non-hydrogen) atoms. The zero-order valence-corrected chi connectivity index (χ0v) is 7.78. The Labute approximate surface area is 78.3 Å². The average molecular weight is 180 g/mol. The van der Waals surface area contributed by atoms with Crippen molar-refractivity contribution in [3.05, 3.63) is 0 Å². The second-order valence-electron chi connectivity index (χ2n) is 5.17. The van der Waals surface area contributed by atoms with Gasteiger partial charge >= 0.3 is 5.97 Å². The van der Waals surface area contributed by atoms with Crippen LogP contribution in [0.2, 0.25) is 0 Å². The minimum Gasteiger partial charge on any atom is -0.481 e. The van der Waals surface area contributed by atoms with Crippen LogP contribution in [0.15, 0.2) is 0 Å². The molecule has 0 aromatic carbocycles. The monoisotopic (exact) mass is 180 g/mol. The molecule has 72 valence electrons. The van der Waals surface area contributed by atoms with Crippen LogP contribution in [0.3, 0.4) is 0 Å². The molecule has 3 rings (SSSR count). The molecule has 4 atom stereocenters. The van der Waals surface area contributed by atoms with Crippen LogP contribution < -0.4 is 0 Å². The van der Waals surface area contributed by atoms with Gasteiger partial charge in [-0.1, -0.05) is 0 Å². The van der Waals surface area contributed by atoms with Crippen LogP contribution in [-0.4, -0.2) is 11.1 Å². The van der Waals surface area contributed by atoms with Crippen molar-refractivity contribution in [3.63, 3.8) is 0 Å². The Balaban J connectivity index is 1.79. The second-order valence-corrected chi connectivity index (χ2v) is 5.17. The molecule has 3 aliphatic carbocycles. The fraction of sp³-hybridized carbons (Fsp3) is 0.909. The molecule has 0 spiro atoms. The number of carboxylic acids is 1. The van der Waals surface area contributed by atoms with Gasteiger partial charge < -0.3 is 5.11 Å². The highest BCUT2D eigenvalue weighted by Gasteiger charge is 2.53. The summed E-state index contributed by atoms with van der Waals surface area (Å²) in [6.07, 6.45) is 6.17. The molecule has 3 aliphatic rings. The van der Waals surface area contributed by atoms with E-state index in [0.717, 1.165) is 36.5 Å². The zero-order valence-electron chi connectivity index (χ0n) is 7.78. The van der Waals surface area contributed by atoms with Crippen molar-refractivity contribution in [1.29, 1.82) is 0 Å². The SMILES string of the molecule is O=C(O)C1C[C@@H]2[C@H]3CC[C@@H](C3)[C@H]2C1. The Bertz CT molecular complexity index is 230. The van der Waals surface area contributed by atoms with Crippen molar-refractivity contribution in [2.45, 2.75) is 32.1 Å². The number of carbonyl (C=O) groups is 1. The Kier molecular flexibility index (Phi) is 1.50. The Hall–Kier alpha value is -0.530. The van der Waals surface area contributed by atoms with Crippen LogP contribution in [0.1, 0.15) is 32.1 Å².